The van der Waals surface area contributed by atoms with Gasteiger partial charge in [0.15, 0.2) is 0 Å². The zero-order valence-corrected chi connectivity index (χ0v) is 16.0. The molecule has 1 aromatic carbocycles. The molecule has 0 saturated carbocycles. The summed E-state index contributed by atoms with van der Waals surface area (Å²) in [6.07, 6.45) is 5.39. The van der Waals surface area contributed by atoms with Crippen molar-refractivity contribution >= 4 is 29.1 Å². The molecule has 1 aliphatic rings. The first kappa shape index (κ1) is 17.8. The number of aromatic nitrogens is 2. The van der Waals surface area contributed by atoms with Crippen LogP contribution < -0.4 is 4.90 Å². The Kier molecular flexibility index (Phi) is 5.05. The molecular formula is C21H26ClN3. The summed E-state index contributed by atoms with van der Waals surface area (Å²) in [6.45, 7) is 8.61. The smallest absolute Gasteiger partial charge is 0.138 e. The molecule has 132 valence electrons. The van der Waals surface area contributed by atoms with Crippen LogP contribution in [-0.4, -0.2) is 16.5 Å². The van der Waals surface area contributed by atoms with Gasteiger partial charge in [0.05, 0.1) is 5.52 Å². The Labute approximate surface area is 155 Å². The molecule has 4 rings (SSSR count). The summed E-state index contributed by atoms with van der Waals surface area (Å²) in [5.41, 5.74) is 8.31. The lowest BCUT2D eigenvalue weighted by molar-refractivity contribution is 0.712. The van der Waals surface area contributed by atoms with Gasteiger partial charge in [-0.25, -0.2) is 4.98 Å². The van der Waals surface area contributed by atoms with Crippen LogP contribution in [0.1, 0.15) is 41.3 Å². The summed E-state index contributed by atoms with van der Waals surface area (Å²) in [4.78, 5) is 10.7. The van der Waals surface area contributed by atoms with Crippen LogP contribution in [-0.2, 0) is 19.4 Å². The maximum Gasteiger partial charge on any atom is 0.138 e. The van der Waals surface area contributed by atoms with E-state index in [1.165, 1.54) is 45.3 Å². The van der Waals surface area contributed by atoms with E-state index in [2.05, 4.69) is 54.9 Å². The van der Waals surface area contributed by atoms with Gasteiger partial charge in [-0.05, 0) is 55.0 Å². The largest absolute Gasteiger partial charge is 0.358 e. The second kappa shape index (κ2) is 7.09. The number of fused-ring (bicyclic) bond motifs is 2. The molecule has 4 heteroatoms. The van der Waals surface area contributed by atoms with E-state index >= 15 is 0 Å². The number of aryl methyl sites for hydroxylation is 3. The highest BCUT2D eigenvalue weighted by molar-refractivity contribution is 5.94. The van der Waals surface area contributed by atoms with E-state index in [1.54, 1.807) is 0 Å². The zero-order chi connectivity index (χ0) is 16.7. The van der Waals surface area contributed by atoms with Gasteiger partial charge in [0.2, 0.25) is 0 Å². The molecule has 2 aromatic heterocycles. The minimum atomic E-state index is 0. The molecule has 1 aliphatic heterocycles. The molecule has 0 saturated heterocycles. The SMILES string of the molecule is CCCc1cccc2c1CN(c1nccc3[nH]c(C)c(C)c13)CC2.Cl. The molecule has 3 heterocycles. The lowest BCUT2D eigenvalue weighted by atomic mass is 9.92. The number of nitrogens with one attached hydrogen (secondary N) is 1. The van der Waals surface area contributed by atoms with E-state index in [-0.39, 0.29) is 12.4 Å². The normalized spacial score (nSPS) is 13.6. The molecule has 3 aromatic rings. The third-order valence-corrected chi connectivity index (χ3v) is 5.38. The van der Waals surface area contributed by atoms with E-state index in [0.29, 0.717) is 0 Å². The Bertz CT molecular complexity index is 898. The van der Waals surface area contributed by atoms with E-state index in [0.717, 1.165) is 31.7 Å². The van der Waals surface area contributed by atoms with Crippen LogP contribution in [0.3, 0.4) is 0 Å². The van der Waals surface area contributed by atoms with E-state index < -0.39 is 0 Å². The van der Waals surface area contributed by atoms with Crippen molar-refractivity contribution in [2.24, 2.45) is 0 Å². The number of halogens is 1. The highest BCUT2D eigenvalue weighted by Gasteiger charge is 2.22. The monoisotopic (exact) mass is 355 g/mol. The maximum atomic E-state index is 4.76. The summed E-state index contributed by atoms with van der Waals surface area (Å²) in [5, 5.41) is 1.28. The van der Waals surface area contributed by atoms with Crippen molar-refractivity contribution < 1.29 is 0 Å². The lowest BCUT2D eigenvalue weighted by Gasteiger charge is -2.32. The van der Waals surface area contributed by atoms with Crippen molar-refractivity contribution in [3.63, 3.8) is 0 Å². The molecule has 0 bridgehead atoms. The minimum absolute atomic E-state index is 0. The van der Waals surface area contributed by atoms with Crippen molar-refractivity contribution in [3.05, 3.63) is 58.4 Å². The van der Waals surface area contributed by atoms with Gasteiger partial charge in [-0.2, -0.15) is 0 Å². The van der Waals surface area contributed by atoms with Gasteiger partial charge in [-0.3, -0.25) is 0 Å². The summed E-state index contributed by atoms with van der Waals surface area (Å²) in [6, 6.07) is 8.90. The number of anilines is 1. The molecule has 3 nitrogen and oxygen atoms in total. The number of nitrogens with zero attached hydrogens (tertiary/aromatic N) is 2. The predicted octanol–water partition coefficient (Wildman–Crippen LogP) is 5.12. The van der Waals surface area contributed by atoms with Gasteiger partial charge in [0, 0.05) is 30.4 Å². The van der Waals surface area contributed by atoms with Crippen LogP contribution in [0.15, 0.2) is 30.5 Å². The van der Waals surface area contributed by atoms with Gasteiger partial charge >= 0.3 is 0 Å². The van der Waals surface area contributed by atoms with Crippen LogP contribution in [0.5, 0.6) is 0 Å². The second-order valence-corrected chi connectivity index (χ2v) is 6.91. The Morgan fingerprint density at radius 1 is 1.20 bits per heavy atom. The van der Waals surface area contributed by atoms with Crippen LogP contribution in [0.25, 0.3) is 10.9 Å². The Morgan fingerprint density at radius 3 is 2.84 bits per heavy atom. The van der Waals surface area contributed by atoms with E-state index in [4.69, 9.17) is 4.98 Å². The summed E-state index contributed by atoms with van der Waals surface area (Å²) < 4.78 is 0. The molecule has 0 atom stereocenters. The van der Waals surface area contributed by atoms with Crippen LogP contribution in [0.4, 0.5) is 5.82 Å². The van der Waals surface area contributed by atoms with Crippen molar-refractivity contribution in [2.45, 2.75) is 46.6 Å². The average molecular weight is 356 g/mol. The third-order valence-electron chi connectivity index (χ3n) is 5.38. The second-order valence-electron chi connectivity index (χ2n) is 6.91. The number of aromatic amines is 1. The fourth-order valence-electron chi connectivity index (χ4n) is 3.98. The number of pyridine rings is 1. The van der Waals surface area contributed by atoms with Gasteiger partial charge in [-0.1, -0.05) is 31.5 Å². The summed E-state index contributed by atoms with van der Waals surface area (Å²) >= 11 is 0. The average Bonchev–Trinajstić information content (AvgIpc) is 2.90. The molecule has 0 unspecified atom stereocenters. The number of hydrogen-bond acceptors (Lipinski definition) is 2. The topological polar surface area (TPSA) is 31.9 Å². The quantitative estimate of drug-likeness (QED) is 0.707. The van der Waals surface area contributed by atoms with Gasteiger partial charge in [0.1, 0.15) is 5.82 Å². The molecule has 0 amide bonds. The predicted molar refractivity (Wildman–Crippen MR) is 108 cm³/mol. The zero-order valence-electron chi connectivity index (χ0n) is 15.2. The van der Waals surface area contributed by atoms with Gasteiger partial charge in [-0.15, -0.1) is 12.4 Å². The Morgan fingerprint density at radius 2 is 2.04 bits per heavy atom. The van der Waals surface area contributed by atoms with Crippen molar-refractivity contribution in [1.82, 2.24) is 9.97 Å². The molecule has 0 fully saturated rings. The van der Waals surface area contributed by atoms with Crippen molar-refractivity contribution in [3.8, 4) is 0 Å². The number of benzene rings is 1. The maximum absolute atomic E-state index is 4.76. The number of hydrogen-bond donors (Lipinski definition) is 1. The molecule has 25 heavy (non-hydrogen) atoms. The fraction of sp³-hybridized carbons (Fsp3) is 0.381. The molecule has 0 spiro atoms. The van der Waals surface area contributed by atoms with Crippen molar-refractivity contribution in [2.75, 3.05) is 11.4 Å². The first-order chi connectivity index (χ1) is 11.7. The molecule has 0 radical (unpaired) electrons. The highest BCUT2D eigenvalue weighted by atomic mass is 35.5. The third kappa shape index (κ3) is 3.02. The van der Waals surface area contributed by atoms with E-state index in [9.17, 15) is 0 Å². The van der Waals surface area contributed by atoms with Crippen molar-refractivity contribution in [1.29, 1.82) is 0 Å². The Balaban J connectivity index is 0.00000182. The molecule has 1 N–H and O–H groups in total. The molecule has 0 aliphatic carbocycles. The fourth-order valence-corrected chi connectivity index (χ4v) is 3.98. The lowest BCUT2D eigenvalue weighted by Crippen LogP contribution is -2.32. The van der Waals surface area contributed by atoms with Gasteiger partial charge < -0.3 is 9.88 Å². The summed E-state index contributed by atoms with van der Waals surface area (Å²) in [7, 11) is 0. The number of H-pyrrole nitrogens is 1. The van der Waals surface area contributed by atoms with Crippen LogP contribution in [0.2, 0.25) is 0 Å². The standard InChI is InChI=1S/C21H25N3.ClH/c1-4-6-16-7-5-8-17-10-12-24(13-18(16)17)21-20-14(2)15(3)23-19(20)9-11-22-21;/h5,7-9,11,23H,4,6,10,12-13H2,1-3H3;1H. The van der Waals surface area contributed by atoms with Crippen LogP contribution >= 0.6 is 12.4 Å². The molecular weight excluding hydrogens is 330 g/mol. The Hall–Kier alpha value is -2.00. The first-order valence-electron chi connectivity index (χ1n) is 8.97. The summed E-state index contributed by atoms with van der Waals surface area (Å²) in [5.74, 6) is 1.13. The van der Waals surface area contributed by atoms with Gasteiger partial charge in [0.25, 0.3) is 0 Å². The van der Waals surface area contributed by atoms with Crippen LogP contribution in [0, 0.1) is 13.8 Å². The number of rotatable bonds is 3. The highest BCUT2D eigenvalue weighted by Crippen LogP contribution is 2.33. The van der Waals surface area contributed by atoms with E-state index in [1.807, 2.05) is 6.20 Å². The first-order valence-corrected chi connectivity index (χ1v) is 8.97. The minimum Gasteiger partial charge on any atom is -0.358 e.